The highest BCUT2D eigenvalue weighted by Gasteiger charge is 2.31. The van der Waals surface area contributed by atoms with Crippen LogP contribution < -0.4 is 4.90 Å². The number of aromatic nitrogens is 4. The van der Waals surface area contributed by atoms with Crippen LogP contribution in [0.5, 0.6) is 0 Å². The Morgan fingerprint density at radius 1 is 1.16 bits per heavy atom. The lowest BCUT2D eigenvalue weighted by atomic mass is 9.86. The van der Waals surface area contributed by atoms with E-state index >= 15 is 0 Å². The minimum absolute atomic E-state index is 0.00911. The standard InChI is InChI=1S/C21H23ClF3N5O/c1-20(2,31)11-13-6-8-29(9-7-13)17-16-12-26-30(18(16)28-19(22)27-17)15-5-3-4-14(10-15)21(23,24)25/h3-5,10,12-13,31H,6-9,11H2,1-2H3. The summed E-state index contributed by atoms with van der Waals surface area (Å²) >= 11 is 6.18. The molecule has 1 N–H and O–H groups in total. The Labute approximate surface area is 182 Å². The third-order valence-electron chi connectivity index (χ3n) is 5.50. The Hall–Kier alpha value is -2.39. The Morgan fingerprint density at radius 3 is 2.52 bits per heavy atom. The molecule has 0 amide bonds. The van der Waals surface area contributed by atoms with Gasteiger partial charge >= 0.3 is 6.18 Å². The van der Waals surface area contributed by atoms with Gasteiger partial charge in [0.25, 0.3) is 0 Å². The fourth-order valence-electron chi connectivity index (χ4n) is 4.17. The molecule has 1 fully saturated rings. The Bertz CT molecular complexity index is 1080. The number of fused-ring (bicyclic) bond motifs is 1. The van der Waals surface area contributed by atoms with Crippen LogP contribution in [0.15, 0.2) is 30.5 Å². The largest absolute Gasteiger partial charge is 0.416 e. The van der Waals surface area contributed by atoms with E-state index in [1.165, 1.54) is 10.7 Å². The monoisotopic (exact) mass is 453 g/mol. The first-order valence-electron chi connectivity index (χ1n) is 10.1. The lowest BCUT2D eigenvalue weighted by Gasteiger charge is -2.35. The molecule has 0 radical (unpaired) electrons. The summed E-state index contributed by atoms with van der Waals surface area (Å²) in [5, 5.41) is 15.0. The molecule has 1 saturated heterocycles. The molecule has 0 aliphatic carbocycles. The molecule has 166 valence electrons. The van der Waals surface area contributed by atoms with Gasteiger partial charge in [0.05, 0.1) is 28.4 Å². The Balaban J connectivity index is 1.66. The molecule has 0 atom stereocenters. The first-order valence-corrected chi connectivity index (χ1v) is 10.5. The van der Waals surface area contributed by atoms with Crippen LogP contribution in [-0.4, -0.2) is 43.5 Å². The number of rotatable bonds is 4. The van der Waals surface area contributed by atoms with Gasteiger partial charge in [0.1, 0.15) is 5.82 Å². The summed E-state index contributed by atoms with van der Waals surface area (Å²) in [6, 6.07) is 4.92. The third-order valence-corrected chi connectivity index (χ3v) is 5.67. The van der Waals surface area contributed by atoms with Crippen LogP contribution in [0.1, 0.15) is 38.7 Å². The molecule has 1 aliphatic heterocycles. The van der Waals surface area contributed by atoms with Crippen molar-refractivity contribution in [2.75, 3.05) is 18.0 Å². The zero-order valence-corrected chi connectivity index (χ0v) is 18.0. The molecule has 4 rings (SSSR count). The molecule has 0 bridgehead atoms. The number of aliphatic hydroxyl groups is 1. The van der Waals surface area contributed by atoms with E-state index in [4.69, 9.17) is 11.6 Å². The van der Waals surface area contributed by atoms with E-state index in [2.05, 4.69) is 20.0 Å². The van der Waals surface area contributed by atoms with Crippen LogP contribution in [-0.2, 0) is 6.18 Å². The number of hydrogen-bond acceptors (Lipinski definition) is 5. The number of halogens is 4. The number of benzene rings is 1. The van der Waals surface area contributed by atoms with Crippen LogP contribution >= 0.6 is 11.6 Å². The number of piperidine rings is 1. The molecule has 1 aromatic carbocycles. The van der Waals surface area contributed by atoms with E-state index in [-0.39, 0.29) is 11.0 Å². The molecule has 3 heterocycles. The van der Waals surface area contributed by atoms with E-state index in [0.29, 0.717) is 22.8 Å². The van der Waals surface area contributed by atoms with Gasteiger partial charge in [-0.25, -0.2) is 4.68 Å². The summed E-state index contributed by atoms with van der Waals surface area (Å²) in [6.45, 7) is 5.10. The molecular formula is C21H23ClF3N5O. The smallest absolute Gasteiger partial charge is 0.390 e. The van der Waals surface area contributed by atoms with E-state index in [1.807, 2.05) is 13.8 Å². The molecule has 2 aromatic heterocycles. The van der Waals surface area contributed by atoms with Gasteiger partial charge in [-0.2, -0.15) is 28.2 Å². The normalized spacial score (nSPS) is 16.3. The molecule has 3 aromatic rings. The average molecular weight is 454 g/mol. The highest BCUT2D eigenvalue weighted by atomic mass is 35.5. The van der Waals surface area contributed by atoms with Gasteiger partial charge in [-0.1, -0.05) is 6.07 Å². The predicted octanol–water partition coefficient (Wildman–Crippen LogP) is 4.87. The highest BCUT2D eigenvalue weighted by molar-refractivity contribution is 6.28. The zero-order chi connectivity index (χ0) is 22.4. The van der Waals surface area contributed by atoms with Gasteiger partial charge in [-0.05, 0) is 68.8 Å². The van der Waals surface area contributed by atoms with E-state index < -0.39 is 17.3 Å². The molecule has 31 heavy (non-hydrogen) atoms. The molecule has 0 saturated carbocycles. The Kier molecular flexibility index (Phi) is 5.59. The maximum Gasteiger partial charge on any atom is 0.416 e. The van der Waals surface area contributed by atoms with Crippen molar-refractivity contribution in [3.63, 3.8) is 0 Å². The van der Waals surface area contributed by atoms with Crippen molar-refractivity contribution < 1.29 is 18.3 Å². The second-order valence-corrected chi connectivity index (χ2v) is 8.94. The van der Waals surface area contributed by atoms with Crippen LogP contribution in [0.25, 0.3) is 16.7 Å². The maximum absolute atomic E-state index is 13.1. The highest BCUT2D eigenvalue weighted by Crippen LogP contribution is 2.34. The van der Waals surface area contributed by atoms with Crippen LogP contribution in [0.2, 0.25) is 5.28 Å². The van der Waals surface area contributed by atoms with Crippen LogP contribution in [0.3, 0.4) is 0 Å². The third kappa shape index (κ3) is 4.77. The lowest BCUT2D eigenvalue weighted by Crippen LogP contribution is -2.37. The van der Waals surface area contributed by atoms with E-state index in [0.717, 1.165) is 44.5 Å². The van der Waals surface area contributed by atoms with Gasteiger partial charge in [-0.3, -0.25) is 0 Å². The van der Waals surface area contributed by atoms with Crippen LogP contribution in [0, 0.1) is 5.92 Å². The van der Waals surface area contributed by atoms with Crippen molar-refractivity contribution in [2.45, 2.75) is 44.9 Å². The quantitative estimate of drug-likeness (QED) is 0.571. The lowest BCUT2D eigenvalue weighted by molar-refractivity contribution is -0.137. The number of nitrogens with zero attached hydrogens (tertiary/aromatic N) is 5. The van der Waals surface area contributed by atoms with Gasteiger partial charge in [0.2, 0.25) is 5.28 Å². The van der Waals surface area contributed by atoms with Gasteiger partial charge in [-0.15, -0.1) is 0 Å². The molecule has 10 heteroatoms. The summed E-state index contributed by atoms with van der Waals surface area (Å²) in [5.41, 5.74) is -0.866. The van der Waals surface area contributed by atoms with Crippen molar-refractivity contribution >= 4 is 28.5 Å². The summed E-state index contributed by atoms with van der Waals surface area (Å²) < 4.78 is 40.7. The summed E-state index contributed by atoms with van der Waals surface area (Å²) in [7, 11) is 0. The Morgan fingerprint density at radius 2 is 1.87 bits per heavy atom. The summed E-state index contributed by atoms with van der Waals surface area (Å²) in [6.07, 6.45) is -0.369. The minimum Gasteiger partial charge on any atom is -0.390 e. The second-order valence-electron chi connectivity index (χ2n) is 8.60. The number of alkyl halides is 3. The topological polar surface area (TPSA) is 67.1 Å². The first kappa shape index (κ1) is 21.8. The molecule has 0 unspecified atom stereocenters. The van der Waals surface area contributed by atoms with E-state index in [1.54, 1.807) is 12.3 Å². The minimum atomic E-state index is -4.45. The van der Waals surface area contributed by atoms with Crippen molar-refractivity contribution in [3.8, 4) is 5.69 Å². The number of hydrogen-bond donors (Lipinski definition) is 1. The van der Waals surface area contributed by atoms with Crippen LogP contribution in [0.4, 0.5) is 19.0 Å². The van der Waals surface area contributed by atoms with Gasteiger partial charge in [0, 0.05) is 13.1 Å². The summed E-state index contributed by atoms with van der Waals surface area (Å²) in [4.78, 5) is 10.7. The SMILES string of the molecule is CC(C)(O)CC1CCN(c2nc(Cl)nc3c2cnn3-c2cccc(C(F)(F)F)c2)CC1. The first-order chi connectivity index (χ1) is 14.5. The summed E-state index contributed by atoms with van der Waals surface area (Å²) in [5.74, 6) is 1.03. The predicted molar refractivity (Wildman–Crippen MR) is 113 cm³/mol. The van der Waals surface area contributed by atoms with Crippen molar-refractivity contribution in [3.05, 3.63) is 41.3 Å². The zero-order valence-electron chi connectivity index (χ0n) is 17.2. The fourth-order valence-corrected chi connectivity index (χ4v) is 4.33. The van der Waals surface area contributed by atoms with Gasteiger partial charge in [0.15, 0.2) is 5.65 Å². The fraction of sp³-hybridized carbons (Fsp3) is 0.476. The van der Waals surface area contributed by atoms with Crippen molar-refractivity contribution in [2.24, 2.45) is 5.92 Å². The average Bonchev–Trinajstić information content (AvgIpc) is 3.10. The molecule has 0 spiro atoms. The van der Waals surface area contributed by atoms with Crippen molar-refractivity contribution in [1.29, 1.82) is 0 Å². The molecule has 6 nitrogen and oxygen atoms in total. The van der Waals surface area contributed by atoms with Gasteiger partial charge < -0.3 is 10.0 Å². The van der Waals surface area contributed by atoms with E-state index in [9.17, 15) is 18.3 Å². The maximum atomic E-state index is 13.1. The van der Waals surface area contributed by atoms with Crippen molar-refractivity contribution in [1.82, 2.24) is 19.7 Å². The molecular weight excluding hydrogens is 431 g/mol. The number of anilines is 1. The second kappa shape index (κ2) is 7.94. The molecule has 1 aliphatic rings.